The molecule has 0 bridgehead atoms. The van der Waals surface area contributed by atoms with E-state index >= 15 is 0 Å². The molecule has 0 aromatic rings. The third kappa shape index (κ3) is 4.61. The van der Waals surface area contributed by atoms with E-state index in [1.54, 1.807) is 6.92 Å². The van der Waals surface area contributed by atoms with Crippen molar-refractivity contribution in [3.63, 3.8) is 0 Å². The predicted octanol–water partition coefficient (Wildman–Crippen LogP) is 0.503. The molecule has 0 aromatic carbocycles. The van der Waals surface area contributed by atoms with Gasteiger partial charge in [-0.15, -0.1) is 0 Å². The van der Waals surface area contributed by atoms with Gasteiger partial charge in [-0.3, -0.25) is 0 Å². The summed E-state index contributed by atoms with van der Waals surface area (Å²) in [5, 5.41) is 11.8. The van der Waals surface area contributed by atoms with Gasteiger partial charge in [0.1, 0.15) is 0 Å². The Morgan fingerprint density at radius 3 is 2.64 bits per heavy atom. The van der Waals surface area contributed by atoms with E-state index in [1.165, 1.54) is 7.11 Å². The van der Waals surface area contributed by atoms with Crippen LogP contribution in [0.15, 0.2) is 0 Å². The molecule has 0 aliphatic rings. The number of ether oxygens (including phenoxy) is 1. The second kappa shape index (κ2) is 4.18. The molecule has 66 valence electrons. The summed E-state index contributed by atoms with van der Waals surface area (Å²) >= 11 is 0. The molecule has 11 heavy (non-hydrogen) atoms. The fraction of sp³-hybridized carbons (Fsp3) is 0.857. The number of aliphatic hydroxyl groups is 1. The Hall–Kier alpha value is -0.770. The largest absolute Gasteiger partial charge is 0.453 e. The molecule has 0 saturated heterocycles. The van der Waals surface area contributed by atoms with Gasteiger partial charge in [0.05, 0.1) is 12.7 Å². The summed E-state index contributed by atoms with van der Waals surface area (Å²) in [7, 11) is 1.29. The highest BCUT2D eigenvalue weighted by atomic mass is 16.5. The standard InChI is InChI=1S/C7H15NO3/c1-4-7(2,10)5-8-6(9)11-3/h10H,4-5H2,1-3H3,(H,8,9). The molecule has 0 aromatic heterocycles. The number of methoxy groups -OCH3 is 1. The smallest absolute Gasteiger partial charge is 0.406 e. The van der Waals surface area contributed by atoms with E-state index in [0.29, 0.717) is 6.42 Å². The van der Waals surface area contributed by atoms with Crippen LogP contribution in [0, 0.1) is 0 Å². The SMILES string of the molecule is CCC(C)(O)CNC(=O)OC. The van der Waals surface area contributed by atoms with E-state index in [2.05, 4.69) is 10.1 Å². The minimum Gasteiger partial charge on any atom is -0.453 e. The minimum atomic E-state index is -0.839. The molecule has 0 spiro atoms. The molecule has 0 aliphatic carbocycles. The van der Waals surface area contributed by atoms with Crippen molar-refractivity contribution in [1.29, 1.82) is 0 Å². The average molecular weight is 161 g/mol. The normalized spacial score (nSPS) is 15.3. The Kier molecular flexibility index (Phi) is 3.89. The zero-order valence-corrected chi connectivity index (χ0v) is 7.18. The first-order valence-corrected chi connectivity index (χ1v) is 3.56. The van der Waals surface area contributed by atoms with Crippen LogP contribution >= 0.6 is 0 Å². The maximum absolute atomic E-state index is 10.5. The number of hydrogen-bond acceptors (Lipinski definition) is 3. The van der Waals surface area contributed by atoms with Crippen molar-refractivity contribution >= 4 is 6.09 Å². The van der Waals surface area contributed by atoms with Gasteiger partial charge in [-0.05, 0) is 13.3 Å². The lowest BCUT2D eigenvalue weighted by Gasteiger charge is -2.20. The number of nitrogens with one attached hydrogen (secondary N) is 1. The molecular weight excluding hydrogens is 146 g/mol. The Morgan fingerprint density at radius 1 is 1.73 bits per heavy atom. The van der Waals surface area contributed by atoms with Crippen molar-refractivity contribution in [2.45, 2.75) is 25.9 Å². The zero-order valence-electron chi connectivity index (χ0n) is 7.18. The topological polar surface area (TPSA) is 58.6 Å². The lowest BCUT2D eigenvalue weighted by atomic mass is 10.0. The van der Waals surface area contributed by atoms with E-state index in [4.69, 9.17) is 0 Å². The highest BCUT2D eigenvalue weighted by Gasteiger charge is 2.17. The van der Waals surface area contributed by atoms with Crippen molar-refractivity contribution in [2.24, 2.45) is 0 Å². The molecule has 1 atom stereocenters. The Balaban J connectivity index is 3.61. The third-order valence-corrected chi connectivity index (χ3v) is 1.56. The molecule has 0 heterocycles. The number of hydrogen-bond donors (Lipinski definition) is 2. The number of rotatable bonds is 3. The van der Waals surface area contributed by atoms with Gasteiger partial charge in [0, 0.05) is 6.54 Å². The molecule has 4 nitrogen and oxygen atoms in total. The van der Waals surface area contributed by atoms with Crippen LogP contribution in [0.2, 0.25) is 0 Å². The molecule has 0 rings (SSSR count). The average Bonchev–Trinajstić information content (AvgIpc) is 2.00. The quantitative estimate of drug-likeness (QED) is 0.633. The number of amides is 1. The van der Waals surface area contributed by atoms with Crippen LogP contribution < -0.4 is 5.32 Å². The van der Waals surface area contributed by atoms with Crippen LogP contribution in [0.1, 0.15) is 20.3 Å². The second-order valence-electron chi connectivity index (χ2n) is 2.70. The van der Waals surface area contributed by atoms with E-state index in [9.17, 15) is 9.90 Å². The summed E-state index contributed by atoms with van der Waals surface area (Å²) in [5.41, 5.74) is -0.839. The molecule has 4 heteroatoms. The van der Waals surface area contributed by atoms with Crippen LogP contribution in [0.5, 0.6) is 0 Å². The van der Waals surface area contributed by atoms with Crippen molar-refractivity contribution in [2.75, 3.05) is 13.7 Å². The van der Waals surface area contributed by atoms with E-state index in [0.717, 1.165) is 0 Å². The van der Waals surface area contributed by atoms with Crippen LogP contribution in [-0.4, -0.2) is 30.5 Å². The summed E-state index contributed by atoms with van der Waals surface area (Å²) in [6.07, 6.45) is 0.0792. The van der Waals surface area contributed by atoms with Gasteiger partial charge in [0.2, 0.25) is 0 Å². The maximum Gasteiger partial charge on any atom is 0.406 e. The first kappa shape index (κ1) is 10.2. The van der Waals surface area contributed by atoms with E-state index < -0.39 is 11.7 Å². The summed E-state index contributed by atoms with van der Waals surface area (Å²) < 4.78 is 4.33. The molecule has 0 aliphatic heterocycles. The highest BCUT2D eigenvalue weighted by molar-refractivity contribution is 5.66. The van der Waals surface area contributed by atoms with Crippen molar-refractivity contribution in [3.8, 4) is 0 Å². The molecular formula is C7H15NO3. The van der Waals surface area contributed by atoms with E-state index in [-0.39, 0.29) is 6.54 Å². The molecule has 0 radical (unpaired) electrons. The van der Waals surface area contributed by atoms with Gasteiger partial charge in [0.25, 0.3) is 0 Å². The minimum absolute atomic E-state index is 0.218. The van der Waals surface area contributed by atoms with Gasteiger partial charge in [-0.1, -0.05) is 6.92 Å². The lowest BCUT2D eigenvalue weighted by molar-refractivity contribution is 0.0543. The first-order chi connectivity index (χ1) is 5.02. The van der Waals surface area contributed by atoms with E-state index in [1.807, 2.05) is 6.92 Å². The van der Waals surface area contributed by atoms with Crippen molar-refractivity contribution < 1.29 is 14.6 Å². The summed E-state index contributed by atoms with van der Waals surface area (Å²) in [6.45, 7) is 3.72. The van der Waals surface area contributed by atoms with Crippen LogP contribution in [0.3, 0.4) is 0 Å². The lowest BCUT2D eigenvalue weighted by Crippen LogP contribution is -2.39. The number of carbonyl (C=O) groups excluding carboxylic acids is 1. The summed E-state index contributed by atoms with van der Waals surface area (Å²) in [6, 6.07) is 0. The van der Waals surface area contributed by atoms with Gasteiger partial charge >= 0.3 is 6.09 Å². The fourth-order valence-electron chi connectivity index (χ4n) is 0.460. The molecule has 2 N–H and O–H groups in total. The van der Waals surface area contributed by atoms with Gasteiger partial charge in [0.15, 0.2) is 0 Å². The Bertz CT molecular complexity index is 134. The van der Waals surface area contributed by atoms with Crippen LogP contribution in [0.4, 0.5) is 4.79 Å². The third-order valence-electron chi connectivity index (χ3n) is 1.56. The monoisotopic (exact) mass is 161 g/mol. The summed E-state index contributed by atoms with van der Waals surface area (Å²) in [5.74, 6) is 0. The second-order valence-corrected chi connectivity index (χ2v) is 2.70. The number of carbonyl (C=O) groups is 1. The zero-order chi connectivity index (χ0) is 8.91. The van der Waals surface area contributed by atoms with Crippen LogP contribution in [0.25, 0.3) is 0 Å². The Labute approximate surface area is 66.5 Å². The molecule has 0 saturated carbocycles. The van der Waals surface area contributed by atoms with Crippen LogP contribution in [-0.2, 0) is 4.74 Å². The summed E-state index contributed by atoms with van der Waals surface area (Å²) in [4.78, 5) is 10.5. The number of alkyl carbamates (subject to hydrolysis) is 1. The molecule has 1 amide bonds. The van der Waals surface area contributed by atoms with Gasteiger partial charge < -0.3 is 15.2 Å². The molecule has 1 unspecified atom stereocenters. The van der Waals surface area contributed by atoms with Gasteiger partial charge in [-0.25, -0.2) is 4.79 Å². The fourth-order valence-corrected chi connectivity index (χ4v) is 0.460. The Morgan fingerprint density at radius 2 is 2.27 bits per heavy atom. The predicted molar refractivity (Wildman–Crippen MR) is 41.3 cm³/mol. The first-order valence-electron chi connectivity index (χ1n) is 3.56. The van der Waals surface area contributed by atoms with Gasteiger partial charge in [-0.2, -0.15) is 0 Å². The highest BCUT2D eigenvalue weighted by Crippen LogP contribution is 2.05. The molecule has 0 fully saturated rings. The van der Waals surface area contributed by atoms with Crippen molar-refractivity contribution in [3.05, 3.63) is 0 Å². The van der Waals surface area contributed by atoms with Crippen molar-refractivity contribution in [1.82, 2.24) is 5.32 Å². The maximum atomic E-state index is 10.5.